The normalized spacial score (nSPS) is 16.9. The number of nitrogens with zero attached hydrogens (tertiary/aromatic N) is 4. The Balaban J connectivity index is 1.73. The van der Waals surface area contributed by atoms with Crippen LogP contribution in [0.15, 0.2) is 24.7 Å². The van der Waals surface area contributed by atoms with Gasteiger partial charge in [0.15, 0.2) is 0 Å². The van der Waals surface area contributed by atoms with Gasteiger partial charge in [-0.05, 0) is 12.5 Å². The van der Waals surface area contributed by atoms with Crippen LogP contribution in [-0.4, -0.2) is 49.9 Å². The molecule has 0 aromatic carbocycles. The summed E-state index contributed by atoms with van der Waals surface area (Å²) >= 11 is 1.89. The molecule has 1 aliphatic heterocycles. The van der Waals surface area contributed by atoms with E-state index in [-0.39, 0.29) is 12.1 Å². The average molecular weight is 305 g/mol. The van der Waals surface area contributed by atoms with Gasteiger partial charge in [0.25, 0.3) is 0 Å². The van der Waals surface area contributed by atoms with Crippen molar-refractivity contribution in [1.29, 1.82) is 0 Å². The van der Waals surface area contributed by atoms with Crippen molar-refractivity contribution in [3.05, 3.63) is 30.4 Å². The van der Waals surface area contributed by atoms with Crippen molar-refractivity contribution in [1.82, 2.24) is 24.6 Å². The van der Waals surface area contributed by atoms with E-state index >= 15 is 0 Å². The third kappa shape index (κ3) is 3.12. The number of carbonyl (C=O) groups excluding carboxylic acids is 1. The van der Waals surface area contributed by atoms with E-state index in [1.807, 2.05) is 39.5 Å². The Morgan fingerprint density at radius 2 is 2.29 bits per heavy atom. The second kappa shape index (κ2) is 6.34. The molecule has 0 bridgehead atoms. The SMILES string of the molecule is CCC(NC(=O)N1CCSCC1)c1cn2cccnc2n1. The quantitative estimate of drug-likeness (QED) is 0.941. The highest BCUT2D eigenvalue weighted by Gasteiger charge is 2.21. The summed E-state index contributed by atoms with van der Waals surface area (Å²) in [7, 11) is 0. The summed E-state index contributed by atoms with van der Waals surface area (Å²) in [5.74, 6) is 2.69. The van der Waals surface area contributed by atoms with Crippen LogP contribution in [0.25, 0.3) is 5.78 Å². The topological polar surface area (TPSA) is 62.5 Å². The van der Waals surface area contributed by atoms with E-state index in [2.05, 4.69) is 22.2 Å². The van der Waals surface area contributed by atoms with Gasteiger partial charge in [0, 0.05) is 43.2 Å². The van der Waals surface area contributed by atoms with Crippen molar-refractivity contribution in [2.75, 3.05) is 24.6 Å². The van der Waals surface area contributed by atoms with Gasteiger partial charge in [-0.15, -0.1) is 0 Å². The van der Waals surface area contributed by atoms with Crippen LogP contribution in [-0.2, 0) is 0 Å². The van der Waals surface area contributed by atoms with Gasteiger partial charge in [0.2, 0.25) is 5.78 Å². The molecule has 0 spiro atoms. The maximum Gasteiger partial charge on any atom is 0.317 e. The second-order valence-electron chi connectivity index (χ2n) is 5.00. The highest BCUT2D eigenvalue weighted by Crippen LogP contribution is 2.17. The highest BCUT2D eigenvalue weighted by atomic mass is 32.2. The Labute approximate surface area is 127 Å². The number of amides is 2. The predicted octanol–water partition coefficient (Wildman–Crippen LogP) is 1.94. The summed E-state index contributed by atoms with van der Waals surface area (Å²) in [4.78, 5) is 22.9. The largest absolute Gasteiger partial charge is 0.330 e. The summed E-state index contributed by atoms with van der Waals surface area (Å²) in [5.41, 5.74) is 0.857. The molecule has 1 unspecified atom stereocenters. The van der Waals surface area contributed by atoms with E-state index in [0.717, 1.165) is 36.7 Å². The first-order valence-corrected chi connectivity index (χ1v) is 8.36. The van der Waals surface area contributed by atoms with E-state index in [4.69, 9.17) is 0 Å². The van der Waals surface area contributed by atoms with E-state index in [1.165, 1.54) is 0 Å². The monoisotopic (exact) mass is 305 g/mol. The van der Waals surface area contributed by atoms with Gasteiger partial charge in [-0.2, -0.15) is 11.8 Å². The lowest BCUT2D eigenvalue weighted by Crippen LogP contribution is -2.45. The standard InChI is InChI=1S/C14H19N5OS/c1-2-11(17-14(20)18-6-8-21-9-7-18)12-10-19-5-3-4-15-13(19)16-12/h3-5,10-11H,2,6-9H2,1H3,(H,17,20). The van der Waals surface area contributed by atoms with Crippen molar-refractivity contribution in [3.8, 4) is 0 Å². The molecule has 2 amide bonds. The number of hydrogen-bond donors (Lipinski definition) is 1. The van der Waals surface area contributed by atoms with Crippen LogP contribution in [0.1, 0.15) is 25.1 Å². The van der Waals surface area contributed by atoms with Crippen molar-refractivity contribution in [3.63, 3.8) is 0 Å². The molecule has 0 aliphatic carbocycles. The second-order valence-corrected chi connectivity index (χ2v) is 6.23. The molecule has 21 heavy (non-hydrogen) atoms. The highest BCUT2D eigenvalue weighted by molar-refractivity contribution is 7.99. The summed E-state index contributed by atoms with van der Waals surface area (Å²) in [6.07, 6.45) is 6.37. The molecule has 3 rings (SSSR count). The van der Waals surface area contributed by atoms with Gasteiger partial charge in [-0.25, -0.2) is 14.8 Å². The van der Waals surface area contributed by atoms with E-state index < -0.39 is 0 Å². The maximum atomic E-state index is 12.3. The number of imidazole rings is 1. The number of hydrogen-bond acceptors (Lipinski definition) is 4. The molecule has 6 nitrogen and oxygen atoms in total. The number of rotatable bonds is 3. The summed E-state index contributed by atoms with van der Waals surface area (Å²) in [6, 6.07) is 1.80. The first kappa shape index (κ1) is 14.2. The lowest BCUT2D eigenvalue weighted by molar-refractivity contribution is 0.198. The molecular weight excluding hydrogens is 286 g/mol. The zero-order valence-electron chi connectivity index (χ0n) is 12.0. The van der Waals surface area contributed by atoms with Crippen LogP contribution >= 0.6 is 11.8 Å². The number of carbonyl (C=O) groups is 1. The van der Waals surface area contributed by atoms with Gasteiger partial charge < -0.3 is 10.2 Å². The van der Waals surface area contributed by atoms with E-state index in [9.17, 15) is 4.79 Å². The minimum absolute atomic E-state index is 0.00663. The average Bonchev–Trinajstić information content (AvgIpc) is 2.97. The third-order valence-electron chi connectivity index (χ3n) is 3.62. The van der Waals surface area contributed by atoms with E-state index in [0.29, 0.717) is 5.78 Å². The van der Waals surface area contributed by atoms with Crippen LogP contribution < -0.4 is 5.32 Å². The number of thioether (sulfide) groups is 1. The van der Waals surface area contributed by atoms with Crippen LogP contribution in [0.3, 0.4) is 0 Å². The fourth-order valence-corrected chi connectivity index (χ4v) is 3.31. The molecule has 1 fully saturated rings. The molecule has 1 N–H and O–H groups in total. The van der Waals surface area contributed by atoms with Crippen LogP contribution in [0.4, 0.5) is 4.79 Å². The van der Waals surface area contributed by atoms with E-state index in [1.54, 1.807) is 6.20 Å². The molecule has 1 atom stereocenters. The van der Waals surface area contributed by atoms with Crippen molar-refractivity contribution < 1.29 is 4.79 Å². The zero-order chi connectivity index (χ0) is 14.7. The molecule has 2 aromatic rings. The lowest BCUT2D eigenvalue weighted by Gasteiger charge is -2.28. The van der Waals surface area contributed by atoms with Crippen molar-refractivity contribution in [2.45, 2.75) is 19.4 Å². The predicted molar refractivity (Wildman–Crippen MR) is 83.4 cm³/mol. The zero-order valence-corrected chi connectivity index (χ0v) is 12.8. The summed E-state index contributed by atoms with van der Waals surface area (Å²) < 4.78 is 1.88. The molecule has 7 heteroatoms. The molecule has 2 aromatic heterocycles. The van der Waals surface area contributed by atoms with Crippen molar-refractivity contribution >= 4 is 23.6 Å². The van der Waals surface area contributed by atoms with Gasteiger partial charge >= 0.3 is 6.03 Å². The first-order chi connectivity index (χ1) is 10.3. The Morgan fingerprint density at radius 1 is 1.48 bits per heavy atom. The Morgan fingerprint density at radius 3 is 3.00 bits per heavy atom. The van der Waals surface area contributed by atoms with Crippen molar-refractivity contribution in [2.24, 2.45) is 0 Å². The third-order valence-corrected chi connectivity index (χ3v) is 4.56. The lowest BCUT2D eigenvalue weighted by atomic mass is 10.2. The van der Waals surface area contributed by atoms with Crippen LogP contribution in [0.5, 0.6) is 0 Å². The number of urea groups is 1. The van der Waals surface area contributed by atoms with Gasteiger partial charge in [-0.1, -0.05) is 6.92 Å². The van der Waals surface area contributed by atoms with Gasteiger partial charge in [-0.3, -0.25) is 4.40 Å². The summed E-state index contributed by atoms with van der Waals surface area (Å²) in [6.45, 7) is 3.69. The van der Waals surface area contributed by atoms with Gasteiger partial charge in [0.1, 0.15) is 0 Å². The van der Waals surface area contributed by atoms with Crippen LogP contribution in [0.2, 0.25) is 0 Å². The molecule has 0 radical (unpaired) electrons. The Kier molecular flexibility index (Phi) is 4.28. The maximum absolute atomic E-state index is 12.3. The smallest absolute Gasteiger partial charge is 0.317 e. The minimum atomic E-state index is -0.0752. The Bertz CT molecular complexity index is 590. The van der Waals surface area contributed by atoms with Crippen LogP contribution in [0, 0.1) is 0 Å². The first-order valence-electron chi connectivity index (χ1n) is 7.20. The Hall–Kier alpha value is -1.76. The minimum Gasteiger partial charge on any atom is -0.330 e. The van der Waals surface area contributed by atoms with Gasteiger partial charge in [0.05, 0.1) is 11.7 Å². The summed E-state index contributed by atoms with van der Waals surface area (Å²) in [5, 5.41) is 3.09. The molecule has 3 heterocycles. The number of fused-ring (bicyclic) bond motifs is 1. The molecule has 1 saturated heterocycles. The fourth-order valence-electron chi connectivity index (χ4n) is 2.41. The molecule has 112 valence electrons. The number of nitrogens with one attached hydrogen (secondary N) is 1. The molecular formula is C14H19N5OS. The fraction of sp³-hybridized carbons (Fsp3) is 0.500. The molecule has 1 aliphatic rings. The number of aromatic nitrogens is 3. The molecule has 0 saturated carbocycles.